The molecule has 0 rings (SSSR count). The molecule has 1 atom stereocenters. The van der Waals surface area contributed by atoms with Gasteiger partial charge in [0.2, 0.25) is 0 Å². The van der Waals surface area contributed by atoms with E-state index in [-0.39, 0.29) is 25.2 Å². The van der Waals surface area contributed by atoms with Gasteiger partial charge in [0.15, 0.2) is 6.10 Å². The van der Waals surface area contributed by atoms with Gasteiger partial charge < -0.3 is 14.6 Å². The number of rotatable bonds is 34. The third-order valence-corrected chi connectivity index (χ3v) is 8.40. The molecule has 0 radical (unpaired) electrons. The summed E-state index contributed by atoms with van der Waals surface area (Å²) in [5, 5.41) is 9.52. The van der Waals surface area contributed by atoms with Crippen LogP contribution in [0.25, 0.3) is 0 Å². The van der Waals surface area contributed by atoms with Crippen LogP contribution in [0.15, 0.2) is 0 Å². The summed E-state index contributed by atoms with van der Waals surface area (Å²) < 4.78 is 10.6. The Labute approximate surface area is 261 Å². The van der Waals surface area contributed by atoms with Gasteiger partial charge >= 0.3 is 11.9 Å². The Kier molecular flexibility index (Phi) is 33.5. The molecule has 0 aromatic carbocycles. The number of esters is 2. The number of carbonyl (C=O) groups excluding carboxylic acids is 2. The molecule has 0 saturated carbocycles. The quantitative estimate of drug-likeness (QED) is 0.0591. The Balaban J connectivity index is 3.51. The van der Waals surface area contributed by atoms with Crippen LogP contribution in [-0.2, 0) is 19.1 Å². The maximum Gasteiger partial charge on any atom is 0.306 e. The molecular formula is C37H72O5. The number of hydrogen-bond donors (Lipinski definition) is 1. The molecule has 5 nitrogen and oxygen atoms in total. The van der Waals surface area contributed by atoms with Crippen molar-refractivity contribution in [2.45, 2.75) is 213 Å². The van der Waals surface area contributed by atoms with Gasteiger partial charge in [-0.2, -0.15) is 0 Å². The number of carbonyl (C=O) groups is 2. The van der Waals surface area contributed by atoms with Gasteiger partial charge in [0.25, 0.3) is 0 Å². The minimum Gasteiger partial charge on any atom is -0.462 e. The van der Waals surface area contributed by atoms with Crippen molar-refractivity contribution < 1.29 is 24.2 Å². The highest BCUT2D eigenvalue weighted by atomic mass is 16.6. The average molecular weight is 597 g/mol. The van der Waals surface area contributed by atoms with E-state index < -0.39 is 6.10 Å². The first-order chi connectivity index (χ1) is 20.6. The van der Waals surface area contributed by atoms with Crippen LogP contribution in [-0.4, -0.2) is 36.4 Å². The Morgan fingerprint density at radius 2 is 0.738 bits per heavy atom. The maximum absolute atomic E-state index is 12.1. The molecule has 0 aliphatic heterocycles. The summed E-state index contributed by atoms with van der Waals surface area (Å²) in [6, 6.07) is 0. The number of aliphatic hydroxyl groups excluding tert-OH is 1. The SMILES string of the molecule is CCCCCCCCCCCCCCCCCC(=O)OC[C@H](CO)OC(=O)CCCCCCCCCCCCCCC. The summed E-state index contributed by atoms with van der Waals surface area (Å²) in [7, 11) is 0. The van der Waals surface area contributed by atoms with Gasteiger partial charge in [0, 0.05) is 12.8 Å². The molecular weight excluding hydrogens is 524 g/mol. The van der Waals surface area contributed by atoms with Crippen LogP contribution in [0.4, 0.5) is 0 Å². The van der Waals surface area contributed by atoms with Crippen LogP contribution in [0, 0.1) is 0 Å². The Morgan fingerprint density at radius 1 is 0.452 bits per heavy atom. The first-order valence-electron chi connectivity index (χ1n) is 18.6. The van der Waals surface area contributed by atoms with Gasteiger partial charge in [-0.25, -0.2) is 0 Å². The van der Waals surface area contributed by atoms with E-state index in [2.05, 4.69) is 13.8 Å². The van der Waals surface area contributed by atoms with Crippen molar-refractivity contribution in [3.05, 3.63) is 0 Å². The molecule has 42 heavy (non-hydrogen) atoms. The predicted molar refractivity (Wildman–Crippen MR) is 178 cm³/mol. The second-order valence-electron chi connectivity index (χ2n) is 12.7. The van der Waals surface area contributed by atoms with Crippen molar-refractivity contribution in [1.29, 1.82) is 0 Å². The first kappa shape index (κ1) is 40.9. The zero-order valence-corrected chi connectivity index (χ0v) is 28.3. The number of unbranched alkanes of at least 4 members (excludes halogenated alkanes) is 26. The van der Waals surface area contributed by atoms with Crippen LogP contribution in [0.2, 0.25) is 0 Å². The summed E-state index contributed by atoms with van der Waals surface area (Å²) in [5.41, 5.74) is 0. The molecule has 0 aliphatic carbocycles. The fourth-order valence-electron chi connectivity index (χ4n) is 5.55. The largest absolute Gasteiger partial charge is 0.462 e. The van der Waals surface area contributed by atoms with Crippen molar-refractivity contribution in [2.75, 3.05) is 13.2 Å². The zero-order chi connectivity index (χ0) is 30.8. The standard InChI is InChI=1S/C37H72O5/c1-3-5-7-9-11-13-15-17-18-20-21-23-25-27-29-31-36(39)41-34-35(33-38)42-37(40)32-30-28-26-24-22-19-16-14-12-10-8-6-4-2/h35,38H,3-34H2,1-2H3/t35-/m0/s1. The molecule has 0 amide bonds. The van der Waals surface area contributed by atoms with Crippen molar-refractivity contribution in [2.24, 2.45) is 0 Å². The molecule has 1 N–H and O–H groups in total. The normalized spacial score (nSPS) is 12.0. The lowest BCUT2D eigenvalue weighted by molar-refractivity contribution is -0.161. The summed E-state index contributed by atoms with van der Waals surface area (Å²) in [6.07, 6.45) is 35.8. The molecule has 0 saturated heterocycles. The molecule has 0 aromatic heterocycles. The molecule has 0 spiro atoms. The second kappa shape index (κ2) is 34.4. The van der Waals surface area contributed by atoms with Gasteiger partial charge in [-0.3, -0.25) is 9.59 Å². The van der Waals surface area contributed by atoms with E-state index in [9.17, 15) is 14.7 Å². The smallest absolute Gasteiger partial charge is 0.306 e. The van der Waals surface area contributed by atoms with E-state index in [1.807, 2.05) is 0 Å². The Morgan fingerprint density at radius 3 is 1.05 bits per heavy atom. The van der Waals surface area contributed by atoms with Crippen molar-refractivity contribution >= 4 is 11.9 Å². The van der Waals surface area contributed by atoms with Gasteiger partial charge in [-0.05, 0) is 12.8 Å². The van der Waals surface area contributed by atoms with Gasteiger partial charge in [0.1, 0.15) is 6.61 Å². The average Bonchev–Trinajstić information content (AvgIpc) is 2.99. The zero-order valence-electron chi connectivity index (χ0n) is 28.3. The highest BCUT2D eigenvalue weighted by molar-refractivity contribution is 5.70. The van der Waals surface area contributed by atoms with Crippen LogP contribution >= 0.6 is 0 Å². The predicted octanol–water partition coefficient (Wildman–Crippen LogP) is 11.2. The highest BCUT2D eigenvalue weighted by Gasteiger charge is 2.16. The van der Waals surface area contributed by atoms with Crippen molar-refractivity contribution in [1.82, 2.24) is 0 Å². The van der Waals surface area contributed by atoms with Gasteiger partial charge in [-0.15, -0.1) is 0 Å². The molecule has 0 heterocycles. The molecule has 5 heteroatoms. The highest BCUT2D eigenvalue weighted by Crippen LogP contribution is 2.15. The fourth-order valence-corrected chi connectivity index (χ4v) is 5.55. The topological polar surface area (TPSA) is 72.8 Å². The van der Waals surface area contributed by atoms with E-state index in [4.69, 9.17) is 9.47 Å². The van der Waals surface area contributed by atoms with E-state index in [1.54, 1.807) is 0 Å². The fraction of sp³-hybridized carbons (Fsp3) is 0.946. The van der Waals surface area contributed by atoms with E-state index >= 15 is 0 Å². The summed E-state index contributed by atoms with van der Waals surface area (Å²) in [5.74, 6) is -0.578. The Bertz CT molecular complexity index is 564. The molecule has 0 aromatic rings. The van der Waals surface area contributed by atoms with Crippen LogP contribution < -0.4 is 0 Å². The summed E-state index contributed by atoms with van der Waals surface area (Å²) in [6.45, 7) is 4.15. The lowest BCUT2D eigenvalue weighted by Gasteiger charge is -2.15. The molecule has 0 fully saturated rings. The maximum atomic E-state index is 12.1. The lowest BCUT2D eigenvalue weighted by atomic mass is 10.0. The number of ether oxygens (including phenoxy) is 2. The van der Waals surface area contributed by atoms with Crippen molar-refractivity contribution in [3.63, 3.8) is 0 Å². The summed E-state index contributed by atoms with van der Waals surface area (Å²) >= 11 is 0. The van der Waals surface area contributed by atoms with Gasteiger partial charge in [0.05, 0.1) is 6.61 Å². The minimum absolute atomic E-state index is 0.0571. The molecule has 250 valence electrons. The first-order valence-corrected chi connectivity index (χ1v) is 18.6. The van der Waals surface area contributed by atoms with E-state index in [0.29, 0.717) is 12.8 Å². The van der Waals surface area contributed by atoms with Crippen LogP contribution in [0.3, 0.4) is 0 Å². The van der Waals surface area contributed by atoms with Gasteiger partial charge in [-0.1, -0.05) is 181 Å². The second-order valence-corrected chi connectivity index (χ2v) is 12.7. The molecule has 0 aliphatic rings. The third kappa shape index (κ3) is 31.8. The molecule has 0 unspecified atom stereocenters. The molecule has 0 bridgehead atoms. The number of aliphatic hydroxyl groups is 1. The third-order valence-electron chi connectivity index (χ3n) is 8.40. The summed E-state index contributed by atoms with van der Waals surface area (Å²) in [4.78, 5) is 24.2. The lowest BCUT2D eigenvalue weighted by Crippen LogP contribution is -2.28. The van der Waals surface area contributed by atoms with Crippen LogP contribution in [0.1, 0.15) is 206 Å². The van der Waals surface area contributed by atoms with E-state index in [0.717, 1.165) is 32.1 Å². The Hall–Kier alpha value is -1.10. The van der Waals surface area contributed by atoms with Crippen molar-refractivity contribution in [3.8, 4) is 0 Å². The van der Waals surface area contributed by atoms with E-state index in [1.165, 1.54) is 148 Å². The minimum atomic E-state index is -0.760. The monoisotopic (exact) mass is 597 g/mol. The van der Waals surface area contributed by atoms with Crippen LogP contribution in [0.5, 0.6) is 0 Å². The number of hydrogen-bond acceptors (Lipinski definition) is 5.